The third-order valence-corrected chi connectivity index (χ3v) is 4.64. The Morgan fingerprint density at radius 1 is 1.54 bits per heavy atom. The SMILES string of the molecule is CC1CCC(Br)CC1c1nccs1. The van der Waals surface area contributed by atoms with E-state index in [0.717, 1.165) is 5.92 Å². The van der Waals surface area contributed by atoms with E-state index in [9.17, 15) is 0 Å². The van der Waals surface area contributed by atoms with Gasteiger partial charge in [0.25, 0.3) is 0 Å². The van der Waals surface area contributed by atoms with Gasteiger partial charge in [-0.3, -0.25) is 0 Å². The Balaban J connectivity index is 2.12. The highest BCUT2D eigenvalue weighted by Gasteiger charge is 2.28. The molecule has 3 heteroatoms. The van der Waals surface area contributed by atoms with Crippen LogP contribution in [0.3, 0.4) is 0 Å². The van der Waals surface area contributed by atoms with Crippen LogP contribution in [0.4, 0.5) is 0 Å². The molecule has 1 fully saturated rings. The van der Waals surface area contributed by atoms with Gasteiger partial charge in [-0.05, 0) is 25.2 Å². The first-order valence-corrected chi connectivity index (χ1v) is 6.60. The van der Waals surface area contributed by atoms with Crippen molar-refractivity contribution >= 4 is 27.3 Å². The highest BCUT2D eigenvalue weighted by atomic mass is 79.9. The first-order valence-electron chi connectivity index (χ1n) is 4.81. The molecule has 0 amide bonds. The van der Waals surface area contributed by atoms with Crippen LogP contribution in [0.2, 0.25) is 0 Å². The number of alkyl halides is 1. The molecule has 0 radical (unpaired) electrons. The average molecular weight is 260 g/mol. The van der Waals surface area contributed by atoms with Crippen molar-refractivity contribution in [3.63, 3.8) is 0 Å². The molecule has 2 rings (SSSR count). The molecule has 3 atom stereocenters. The molecule has 1 heterocycles. The third kappa shape index (κ3) is 2.13. The van der Waals surface area contributed by atoms with Crippen LogP contribution >= 0.6 is 27.3 Å². The molecule has 1 nitrogen and oxygen atoms in total. The molecular weight excluding hydrogens is 246 g/mol. The number of halogens is 1. The smallest absolute Gasteiger partial charge is 0.0958 e. The van der Waals surface area contributed by atoms with Gasteiger partial charge in [-0.25, -0.2) is 4.98 Å². The molecule has 0 saturated heterocycles. The number of aromatic nitrogens is 1. The summed E-state index contributed by atoms with van der Waals surface area (Å²) in [5.74, 6) is 1.50. The zero-order chi connectivity index (χ0) is 9.26. The summed E-state index contributed by atoms with van der Waals surface area (Å²) < 4.78 is 0. The van der Waals surface area contributed by atoms with Crippen LogP contribution in [0.25, 0.3) is 0 Å². The lowest BCUT2D eigenvalue weighted by molar-refractivity contribution is 0.339. The molecule has 1 aromatic heterocycles. The summed E-state index contributed by atoms with van der Waals surface area (Å²) in [6.45, 7) is 2.35. The van der Waals surface area contributed by atoms with Gasteiger partial charge in [0.15, 0.2) is 0 Å². The van der Waals surface area contributed by atoms with Crippen LogP contribution in [-0.4, -0.2) is 9.81 Å². The van der Waals surface area contributed by atoms with Gasteiger partial charge in [0.2, 0.25) is 0 Å². The van der Waals surface area contributed by atoms with Crippen molar-refractivity contribution in [2.24, 2.45) is 5.92 Å². The van der Waals surface area contributed by atoms with E-state index in [2.05, 4.69) is 33.2 Å². The van der Waals surface area contributed by atoms with Crippen molar-refractivity contribution in [2.45, 2.75) is 36.9 Å². The quantitative estimate of drug-likeness (QED) is 0.700. The van der Waals surface area contributed by atoms with Crippen molar-refractivity contribution < 1.29 is 0 Å². The van der Waals surface area contributed by atoms with Gasteiger partial charge in [-0.1, -0.05) is 22.9 Å². The highest BCUT2D eigenvalue weighted by Crippen LogP contribution is 2.40. The molecular formula is C10H14BrNS. The summed E-state index contributed by atoms with van der Waals surface area (Å²) in [4.78, 5) is 5.13. The summed E-state index contributed by atoms with van der Waals surface area (Å²) in [5, 5.41) is 3.41. The van der Waals surface area contributed by atoms with Crippen LogP contribution in [0.5, 0.6) is 0 Å². The number of thiazole rings is 1. The fourth-order valence-electron chi connectivity index (χ4n) is 2.03. The number of rotatable bonds is 1. The van der Waals surface area contributed by atoms with Crippen molar-refractivity contribution in [3.05, 3.63) is 16.6 Å². The molecule has 3 unspecified atom stereocenters. The van der Waals surface area contributed by atoms with E-state index in [0.29, 0.717) is 10.7 Å². The van der Waals surface area contributed by atoms with Crippen molar-refractivity contribution in [1.29, 1.82) is 0 Å². The maximum atomic E-state index is 4.42. The minimum absolute atomic E-state index is 0.693. The minimum atomic E-state index is 0.693. The van der Waals surface area contributed by atoms with Crippen LogP contribution in [0.1, 0.15) is 37.1 Å². The second-order valence-corrected chi connectivity index (χ2v) is 6.09. The van der Waals surface area contributed by atoms with Crippen molar-refractivity contribution in [2.75, 3.05) is 0 Å². The topological polar surface area (TPSA) is 12.9 Å². The summed E-state index contributed by atoms with van der Waals surface area (Å²) in [6, 6.07) is 0. The van der Waals surface area contributed by atoms with E-state index >= 15 is 0 Å². The van der Waals surface area contributed by atoms with Gasteiger partial charge in [-0.15, -0.1) is 11.3 Å². The Morgan fingerprint density at radius 2 is 2.38 bits per heavy atom. The predicted molar refractivity (Wildman–Crippen MR) is 60.6 cm³/mol. The van der Waals surface area contributed by atoms with E-state index in [-0.39, 0.29) is 0 Å². The lowest BCUT2D eigenvalue weighted by Crippen LogP contribution is -2.21. The van der Waals surface area contributed by atoms with E-state index < -0.39 is 0 Å². The van der Waals surface area contributed by atoms with E-state index in [1.165, 1.54) is 24.3 Å². The first kappa shape index (κ1) is 9.66. The number of hydrogen-bond donors (Lipinski definition) is 0. The Morgan fingerprint density at radius 3 is 3.08 bits per heavy atom. The van der Waals surface area contributed by atoms with Crippen molar-refractivity contribution in [3.8, 4) is 0 Å². The fraction of sp³-hybridized carbons (Fsp3) is 0.700. The van der Waals surface area contributed by atoms with Gasteiger partial charge in [0.1, 0.15) is 0 Å². The maximum Gasteiger partial charge on any atom is 0.0958 e. The largest absolute Gasteiger partial charge is 0.249 e. The predicted octanol–water partition coefficient (Wildman–Crippen LogP) is 3.81. The van der Waals surface area contributed by atoms with Crippen LogP contribution in [0.15, 0.2) is 11.6 Å². The van der Waals surface area contributed by atoms with Gasteiger partial charge >= 0.3 is 0 Å². The summed E-state index contributed by atoms with van der Waals surface area (Å²) in [5.41, 5.74) is 0. The van der Waals surface area contributed by atoms with Crippen LogP contribution in [-0.2, 0) is 0 Å². The Kier molecular flexibility index (Phi) is 3.04. The third-order valence-electron chi connectivity index (χ3n) is 2.90. The lowest BCUT2D eigenvalue weighted by Gasteiger charge is -2.30. The molecule has 0 N–H and O–H groups in total. The number of hydrogen-bond acceptors (Lipinski definition) is 2. The van der Waals surface area contributed by atoms with Crippen LogP contribution in [0, 0.1) is 5.92 Å². The number of nitrogens with zero attached hydrogens (tertiary/aromatic N) is 1. The molecule has 1 saturated carbocycles. The normalized spacial score (nSPS) is 34.8. The zero-order valence-electron chi connectivity index (χ0n) is 7.74. The Labute approximate surface area is 91.7 Å². The molecule has 0 aliphatic heterocycles. The molecule has 0 bridgehead atoms. The zero-order valence-corrected chi connectivity index (χ0v) is 10.1. The van der Waals surface area contributed by atoms with Gasteiger partial charge < -0.3 is 0 Å². The van der Waals surface area contributed by atoms with Gasteiger partial charge in [0.05, 0.1) is 5.01 Å². The fourth-order valence-corrected chi connectivity index (χ4v) is 3.59. The molecule has 72 valence electrons. The Hall–Kier alpha value is 0.110. The molecule has 1 aromatic rings. The summed E-state index contributed by atoms with van der Waals surface area (Å²) in [7, 11) is 0. The second-order valence-electron chi connectivity index (χ2n) is 3.86. The lowest BCUT2D eigenvalue weighted by atomic mass is 9.81. The summed E-state index contributed by atoms with van der Waals surface area (Å²) in [6.07, 6.45) is 5.84. The van der Waals surface area contributed by atoms with Gasteiger partial charge in [-0.2, -0.15) is 0 Å². The molecule has 1 aliphatic rings. The monoisotopic (exact) mass is 259 g/mol. The van der Waals surface area contributed by atoms with Crippen LogP contribution < -0.4 is 0 Å². The minimum Gasteiger partial charge on any atom is -0.249 e. The molecule has 1 aliphatic carbocycles. The second kappa shape index (κ2) is 4.09. The molecule has 13 heavy (non-hydrogen) atoms. The van der Waals surface area contributed by atoms with Gasteiger partial charge in [0, 0.05) is 22.3 Å². The molecule has 0 spiro atoms. The summed E-state index contributed by atoms with van der Waals surface area (Å²) >= 11 is 5.52. The van der Waals surface area contributed by atoms with E-state index in [4.69, 9.17) is 0 Å². The van der Waals surface area contributed by atoms with E-state index in [1.54, 1.807) is 11.3 Å². The Bertz CT molecular complexity index is 260. The van der Waals surface area contributed by atoms with E-state index in [1.807, 2.05) is 6.20 Å². The molecule has 0 aromatic carbocycles. The maximum absolute atomic E-state index is 4.42. The average Bonchev–Trinajstić information content (AvgIpc) is 2.61. The standard InChI is InChI=1S/C10H14BrNS/c1-7-2-3-8(11)6-9(7)10-12-4-5-13-10/h4-5,7-9H,2-3,6H2,1H3. The highest BCUT2D eigenvalue weighted by molar-refractivity contribution is 9.09. The first-order chi connectivity index (χ1) is 6.27. The van der Waals surface area contributed by atoms with Crippen molar-refractivity contribution in [1.82, 2.24) is 4.98 Å².